The molecule has 2 aromatic carbocycles. The summed E-state index contributed by atoms with van der Waals surface area (Å²) in [5.41, 5.74) is 2.45. The maximum Gasteiger partial charge on any atom is 0.255 e. The highest BCUT2D eigenvalue weighted by Gasteiger charge is 2.14. The molecule has 25 heavy (non-hydrogen) atoms. The van der Waals surface area contributed by atoms with Gasteiger partial charge in [-0.1, -0.05) is 42.1 Å². The van der Waals surface area contributed by atoms with Crippen molar-refractivity contribution in [3.63, 3.8) is 0 Å². The first kappa shape index (κ1) is 17.0. The fourth-order valence-electron chi connectivity index (χ4n) is 2.32. The van der Waals surface area contributed by atoms with E-state index in [-0.39, 0.29) is 11.2 Å². The Morgan fingerprint density at radius 3 is 2.60 bits per heavy atom. The van der Waals surface area contributed by atoms with Crippen LogP contribution in [0, 0.1) is 6.92 Å². The van der Waals surface area contributed by atoms with E-state index in [4.69, 9.17) is 5.84 Å². The van der Waals surface area contributed by atoms with Crippen LogP contribution < -0.4 is 11.2 Å². The zero-order chi connectivity index (χ0) is 17.8. The molecule has 1 aromatic heterocycles. The number of nitrogens with zero attached hydrogens (tertiary/aromatic N) is 3. The predicted molar refractivity (Wildman–Crippen MR) is 100 cm³/mol. The molecule has 0 spiro atoms. The summed E-state index contributed by atoms with van der Waals surface area (Å²) >= 11 is 1.52. The van der Waals surface area contributed by atoms with E-state index in [1.807, 2.05) is 49.4 Å². The quantitative estimate of drug-likeness (QED) is 0.542. The van der Waals surface area contributed by atoms with E-state index in [0.29, 0.717) is 16.5 Å². The van der Waals surface area contributed by atoms with Crippen molar-refractivity contribution in [3.8, 4) is 0 Å². The molecule has 1 atom stereocenters. The van der Waals surface area contributed by atoms with Crippen molar-refractivity contribution >= 4 is 23.4 Å². The normalized spacial score (nSPS) is 11.9. The average molecular weight is 353 g/mol. The second-order valence-electron chi connectivity index (χ2n) is 5.61. The summed E-state index contributed by atoms with van der Waals surface area (Å²) < 4.78 is 1.47. The van der Waals surface area contributed by atoms with Crippen LogP contribution in [0.1, 0.15) is 33.9 Å². The highest BCUT2D eigenvalue weighted by atomic mass is 32.2. The third-order valence-electron chi connectivity index (χ3n) is 3.77. The molecular formula is C18H19N5OS. The van der Waals surface area contributed by atoms with Gasteiger partial charge in [0.2, 0.25) is 5.16 Å². The van der Waals surface area contributed by atoms with Gasteiger partial charge in [-0.05, 0) is 43.7 Å². The number of thioether (sulfide) groups is 1. The average Bonchev–Trinajstić information content (AvgIpc) is 2.94. The molecule has 0 unspecified atom stereocenters. The Hall–Kier alpha value is -2.80. The van der Waals surface area contributed by atoms with Gasteiger partial charge in [-0.3, -0.25) is 4.79 Å². The number of nitrogens with two attached hydrogens (primary N) is 1. The van der Waals surface area contributed by atoms with Gasteiger partial charge in [-0.25, -0.2) is 4.68 Å². The monoisotopic (exact) mass is 353 g/mol. The van der Waals surface area contributed by atoms with E-state index >= 15 is 0 Å². The summed E-state index contributed by atoms with van der Waals surface area (Å²) in [5, 5.41) is 11.7. The van der Waals surface area contributed by atoms with Crippen LogP contribution in [0.5, 0.6) is 0 Å². The maximum atomic E-state index is 12.3. The largest absolute Gasteiger partial charge is 0.336 e. The van der Waals surface area contributed by atoms with E-state index in [1.165, 1.54) is 16.4 Å². The third-order valence-corrected chi connectivity index (χ3v) is 4.88. The van der Waals surface area contributed by atoms with Crippen LogP contribution in [-0.2, 0) is 0 Å². The van der Waals surface area contributed by atoms with E-state index in [9.17, 15) is 4.79 Å². The number of aryl methyl sites for hydroxylation is 1. The van der Waals surface area contributed by atoms with Crippen molar-refractivity contribution < 1.29 is 4.79 Å². The number of hydrogen-bond donors (Lipinski definition) is 2. The SMILES string of the molecule is Cc1nnc(S[C@H](C)c2cccc(NC(=O)c3ccccc3)c2)n1N. The van der Waals surface area contributed by atoms with E-state index in [2.05, 4.69) is 22.4 Å². The van der Waals surface area contributed by atoms with Gasteiger partial charge < -0.3 is 11.2 Å². The Bertz CT molecular complexity index is 878. The van der Waals surface area contributed by atoms with Gasteiger partial charge in [0.15, 0.2) is 0 Å². The highest BCUT2D eigenvalue weighted by Crippen LogP contribution is 2.34. The minimum Gasteiger partial charge on any atom is -0.336 e. The van der Waals surface area contributed by atoms with Crippen molar-refractivity contribution in [3.05, 3.63) is 71.5 Å². The van der Waals surface area contributed by atoms with Crippen LogP contribution in [0.25, 0.3) is 0 Å². The molecule has 7 heteroatoms. The predicted octanol–water partition coefficient (Wildman–Crippen LogP) is 3.41. The molecule has 1 amide bonds. The molecule has 0 saturated heterocycles. The number of carbonyl (C=O) groups is 1. The number of anilines is 1. The molecule has 0 bridgehead atoms. The highest BCUT2D eigenvalue weighted by molar-refractivity contribution is 7.99. The fourth-order valence-corrected chi connectivity index (χ4v) is 3.25. The van der Waals surface area contributed by atoms with E-state index < -0.39 is 0 Å². The summed E-state index contributed by atoms with van der Waals surface area (Å²) in [7, 11) is 0. The van der Waals surface area contributed by atoms with Crippen LogP contribution in [0.3, 0.4) is 0 Å². The van der Waals surface area contributed by atoms with Gasteiger partial charge in [0.1, 0.15) is 5.82 Å². The molecule has 1 heterocycles. The Morgan fingerprint density at radius 1 is 1.16 bits per heavy atom. The Morgan fingerprint density at radius 2 is 1.92 bits per heavy atom. The van der Waals surface area contributed by atoms with E-state index in [1.54, 1.807) is 12.1 Å². The van der Waals surface area contributed by atoms with Crippen molar-refractivity contribution in [1.82, 2.24) is 14.9 Å². The molecule has 0 aliphatic carbocycles. The molecule has 3 rings (SSSR count). The Balaban J connectivity index is 1.72. The number of rotatable bonds is 5. The van der Waals surface area contributed by atoms with E-state index in [0.717, 1.165) is 11.3 Å². The van der Waals surface area contributed by atoms with Crippen molar-refractivity contribution in [2.24, 2.45) is 0 Å². The standard InChI is InChI=1S/C18H19N5OS/c1-12(25-18-22-21-13(2)23(18)19)15-9-6-10-16(11-15)20-17(24)14-7-4-3-5-8-14/h3-12H,19H2,1-2H3,(H,20,24)/t12-/m1/s1. The van der Waals surface area contributed by atoms with Crippen molar-refractivity contribution in [1.29, 1.82) is 0 Å². The zero-order valence-corrected chi connectivity index (χ0v) is 14.8. The lowest BCUT2D eigenvalue weighted by molar-refractivity contribution is 0.102. The molecule has 3 N–H and O–H groups in total. The van der Waals surface area contributed by atoms with Gasteiger partial charge >= 0.3 is 0 Å². The van der Waals surface area contributed by atoms with Gasteiger partial charge in [-0.15, -0.1) is 10.2 Å². The lowest BCUT2D eigenvalue weighted by Crippen LogP contribution is -2.12. The first-order valence-electron chi connectivity index (χ1n) is 7.84. The minimum absolute atomic E-state index is 0.111. The maximum absolute atomic E-state index is 12.3. The number of aromatic nitrogens is 3. The lowest BCUT2D eigenvalue weighted by Gasteiger charge is -2.13. The number of amides is 1. The molecule has 0 aliphatic rings. The summed E-state index contributed by atoms with van der Waals surface area (Å²) in [6, 6.07) is 16.9. The molecule has 0 fully saturated rings. The first-order chi connectivity index (χ1) is 12.0. The number of benzene rings is 2. The summed E-state index contributed by atoms with van der Waals surface area (Å²) in [6.45, 7) is 3.87. The second kappa shape index (κ2) is 7.40. The molecule has 0 radical (unpaired) electrons. The molecule has 0 aliphatic heterocycles. The van der Waals surface area contributed by atoms with Crippen molar-refractivity contribution in [2.75, 3.05) is 11.2 Å². The summed E-state index contributed by atoms with van der Waals surface area (Å²) in [5.74, 6) is 6.44. The van der Waals surface area contributed by atoms with Crippen molar-refractivity contribution in [2.45, 2.75) is 24.3 Å². The Kier molecular flexibility index (Phi) is 5.04. The second-order valence-corrected chi connectivity index (χ2v) is 6.91. The van der Waals surface area contributed by atoms with Gasteiger partial charge in [0, 0.05) is 16.5 Å². The molecule has 0 saturated carbocycles. The van der Waals surface area contributed by atoms with Gasteiger partial charge in [0.25, 0.3) is 5.91 Å². The number of hydrogen-bond acceptors (Lipinski definition) is 5. The van der Waals surface area contributed by atoms with Crippen LogP contribution in [0.2, 0.25) is 0 Å². The number of carbonyl (C=O) groups excluding carboxylic acids is 1. The summed E-state index contributed by atoms with van der Waals surface area (Å²) in [4.78, 5) is 12.3. The zero-order valence-electron chi connectivity index (χ0n) is 14.0. The summed E-state index contributed by atoms with van der Waals surface area (Å²) in [6.07, 6.45) is 0. The molecule has 128 valence electrons. The smallest absolute Gasteiger partial charge is 0.255 e. The molecule has 6 nitrogen and oxygen atoms in total. The van der Waals surface area contributed by atoms with Crippen LogP contribution in [-0.4, -0.2) is 20.8 Å². The topological polar surface area (TPSA) is 85.8 Å². The van der Waals surface area contributed by atoms with Gasteiger partial charge in [-0.2, -0.15) is 0 Å². The minimum atomic E-state index is -0.129. The molecular weight excluding hydrogens is 334 g/mol. The first-order valence-corrected chi connectivity index (χ1v) is 8.72. The fraction of sp³-hybridized carbons (Fsp3) is 0.167. The third kappa shape index (κ3) is 4.00. The lowest BCUT2D eigenvalue weighted by atomic mass is 10.1. The van der Waals surface area contributed by atoms with Gasteiger partial charge in [0.05, 0.1) is 0 Å². The van der Waals surface area contributed by atoms with Crippen LogP contribution in [0.15, 0.2) is 59.8 Å². The Labute approximate surface area is 150 Å². The van der Waals surface area contributed by atoms with Crippen LogP contribution in [0.4, 0.5) is 5.69 Å². The number of nitrogens with one attached hydrogen (secondary N) is 1. The number of nitrogen functional groups attached to an aromatic ring is 1. The van der Waals surface area contributed by atoms with Crippen LogP contribution >= 0.6 is 11.8 Å². The molecule has 3 aromatic rings.